The molecular weight excluding hydrogens is 336 g/mol. The van der Waals surface area contributed by atoms with Gasteiger partial charge in [0.2, 0.25) is 0 Å². The first-order valence-electron chi connectivity index (χ1n) is 8.87. The number of imide groups is 1. The van der Waals surface area contributed by atoms with Gasteiger partial charge in [-0.25, -0.2) is 4.79 Å². The van der Waals surface area contributed by atoms with Gasteiger partial charge >= 0.3 is 6.03 Å². The van der Waals surface area contributed by atoms with Crippen LogP contribution in [0.1, 0.15) is 44.0 Å². The lowest BCUT2D eigenvalue weighted by atomic mass is 9.92. The SMILES string of the molecule is CC(C)CC[C@]1(C)NC(=O)N(CC(=O)c2ccc3c(c2)OCCO3)C1=O. The largest absolute Gasteiger partial charge is 0.486 e. The third kappa shape index (κ3) is 3.52. The number of fused-ring (bicyclic) bond motifs is 1. The lowest BCUT2D eigenvalue weighted by Crippen LogP contribution is -2.44. The average Bonchev–Trinajstić information content (AvgIpc) is 2.83. The fourth-order valence-corrected chi connectivity index (χ4v) is 3.09. The Hall–Kier alpha value is -2.57. The molecule has 2 heterocycles. The lowest BCUT2D eigenvalue weighted by molar-refractivity contribution is -0.130. The van der Waals surface area contributed by atoms with E-state index in [0.717, 1.165) is 11.3 Å². The van der Waals surface area contributed by atoms with Crippen molar-refractivity contribution in [3.8, 4) is 11.5 Å². The molecule has 1 aromatic carbocycles. The van der Waals surface area contributed by atoms with Crippen molar-refractivity contribution >= 4 is 17.7 Å². The van der Waals surface area contributed by atoms with Crippen LogP contribution in [0, 0.1) is 5.92 Å². The quantitative estimate of drug-likeness (QED) is 0.622. The van der Waals surface area contributed by atoms with E-state index >= 15 is 0 Å². The Labute approximate surface area is 152 Å². The molecule has 1 aromatic rings. The summed E-state index contributed by atoms with van der Waals surface area (Å²) in [6.45, 7) is 6.44. The zero-order chi connectivity index (χ0) is 18.9. The standard InChI is InChI=1S/C19H24N2O5/c1-12(2)6-7-19(3)17(23)21(18(24)20-19)11-14(22)13-4-5-15-16(10-13)26-9-8-25-15/h4-5,10,12H,6-9,11H2,1-3H3,(H,20,24)/t19-/m0/s1. The van der Waals surface area contributed by atoms with Crippen molar-refractivity contribution < 1.29 is 23.9 Å². The number of carbonyl (C=O) groups is 3. The van der Waals surface area contributed by atoms with E-state index in [1.807, 2.05) is 0 Å². The molecule has 0 unspecified atom stereocenters. The summed E-state index contributed by atoms with van der Waals surface area (Å²) in [5.74, 6) is 0.836. The summed E-state index contributed by atoms with van der Waals surface area (Å²) in [6, 6.07) is 4.35. The maximum absolute atomic E-state index is 12.7. The second-order valence-corrected chi connectivity index (χ2v) is 7.37. The highest BCUT2D eigenvalue weighted by Gasteiger charge is 2.47. The second-order valence-electron chi connectivity index (χ2n) is 7.37. The number of nitrogens with one attached hydrogen (secondary N) is 1. The molecule has 7 nitrogen and oxygen atoms in total. The van der Waals surface area contributed by atoms with Crippen LogP contribution in [0.4, 0.5) is 4.79 Å². The van der Waals surface area contributed by atoms with Crippen LogP contribution < -0.4 is 14.8 Å². The zero-order valence-corrected chi connectivity index (χ0v) is 15.3. The molecular formula is C19H24N2O5. The van der Waals surface area contributed by atoms with Gasteiger partial charge in [-0.05, 0) is 43.9 Å². The molecule has 1 atom stereocenters. The van der Waals surface area contributed by atoms with E-state index in [2.05, 4.69) is 19.2 Å². The summed E-state index contributed by atoms with van der Waals surface area (Å²) in [7, 11) is 0. The molecule has 2 aliphatic rings. The van der Waals surface area contributed by atoms with E-state index < -0.39 is 11.6 Å². The van der Waals surface area contributed by atoms with Crippen molar-refractivity contribution in [2.75, 3.05) is 19.8 Å². The summed E-state index contributed by atoms with van der Waals surface area (Å²) in [5, 5.41) is 2.73. The number of hydrogen-bond donors (Lipinski definition) is 1. The molecule has 7 heteroatoms. The monoisotopic (exact) mass is 360 g/mol. The number of ether oxygens (including phenoxy) is 2. The normalized spacial score (nSPS) is 21.9. The maximum atomic E-state index is 12.7. The van der Waals surface area contributed by atoms with Crippen LogP contribution in [0.2, 0.25) is 0 Å². The van der Waals surface area contributed by atoms with Crippen LogP contribution in [0.25, 0.3) is 0 Å². The minimum atomic E-state index is -0.950. The zero-order valence-electron chi connectivity index (χ0n) is 15.3. The summed E-state index contributed by atoms with van der Waals surface area (Å²) in [4.78, 5) is 38.5. The molecule has 0 spiro atoms. The van der Waals surface area contributed by atoms with Crippen LogP contribution in [0.3, 0.4) is 0 Å². The fraction of sp³-hybridized carbons (Fsp3) is 0.526. The van der Waals surface area contributed by atoms with Crippen molar-refractivity contribution in [2.24, 2.45) is 5.92 Å². The van der Waals surface area contributed by atoms with E-state index in [1.165, 1.54) is 0 Å². The van der Waals surface area contributed by atoms with E-state index in [-0.39, 0.29) is 18.2 Å². The van der Waals surface area contributed by atoms with E-state index in [9.17, 15) is 14.4 Å². The van der Waals surface area contributed by atoms with Gasteiger partial charge in [-0.15, -0.1) is 0 Å². The van der Waals surface area contributed by atoms with Gasteiger partial charge in [-0.3, -0.25) is 14.5 Å². The first-order valence-corrected chi connectivity index (χ1v) is 8.87. The molecule has 1 fully saturated rings. The Morgan fingerprint density at radius 1 is 1.23 bits per heavy atom. The number of carbonyl (C=O) groups excluding carboxylic acids is 3. The maximum Gasteiger partial charge on any atom is 0.325 e. The summed E-state index contributed by atoms with van der Waals surface area (Å²) < 4.78 is 10.9. The Morgan fingerprint density at radius 3 is 2.62 bits per heavy atom. The highest BCUT2D eigenvalue weighted by atomic mass is 16.6. The number of urea groups is 1. The minimum absolute atomic E-state index is 0.290. The number of nitrogens with zero attached hydrogens (tertiary/aromatic N) is 1. The van der Waals surface area contributed by atoms with Gasteiger partial charge in [0.1, 0.15) is 18.8 Å². The first kappa shape index (κ1) is 18.2. The number of hydrogen-bond acceptors (Lipinski definition) is 5. The van der Waals surface area contributed by atoms with Gasteiger partial charge in [0.15, 0.2) is 17.3 Å². The van der Waals surface area contributed by atoms with Gasteiger partial charge < -0.3 is 14.8 Å². The van der Waals surface area contributed by atoms with Crippen LogP contribution in [-0.4, -0.2) is 47.9 Å². The van der Waals surface area contributed by atoms with Crippen molar-refractivity contribution in [3.05, 3.63) is 23.8 Å². The average molecular weight is 360 g/mol. The molecule has 1 N–H and O–H groups in total. The second kappa shape index (κ2) is 6.97. The lowest BCUT2D eigenvalue weighted by Gasteiger charge is -2.22. The molecule has 26 heavy (non-hydrogen) atoms. The number of amides is 3. The Kier molecular flexibility index (Phi) is 4.89. The molecule has 0 bridgehead atoms. The van der Waals surface area contributed by atoms with Crippen LogP contribution >= 0.6 is 0 Å². The van der Waals surface area contributed by atoms with E-state index in [0.29, 0.717) is 42.6 Å². The molecule has 3 amide bonds. The first-order chi connectivity index (χ1) is 12.3. The van der Waals surface area contributed by atoms with Gasteiger partial charge in [0.25, 0.3) is 5.91 Å². The molecule has 3 rings (SSSR count). The van der Waals surface area contributed by atoms with Crippen LogP contribution in [-0.2, 0) is 4.79 Å². The van der Waals surface area contributed by atoms with Gasteiger partial charge in [0, 0.05) is 5.56 Å². The Morgan fingerprint density at radius 2 is 1.92 bits per heavy atom. The summed E-state index contributed by atoms with van der Waals surface area (Å²) in [6.07, 6.45) is 1.36. The smallest absolute Gasteiger partial charge is 0.325 e. The molecule has 2 aliphatic heterocycles. The third-order valence-electron chi connectivity index (χ3n) is 4.73. The molecule has 0 aromatic heterocycles. The summed E-state index contributed by atoms with van der Waals surface area (Å²) >= 11 is 0. The third-order valence-corrected chi connectivity index (χ3v) is 4.73. The van der Waals surface area contributed by atoms with Crippen molar-refractivity contribution in [2.45, 2.75) is 39.2 Å². The highest BCUT2D eigenvalue weighted by Crippen LogP contribution is 2.31. The topological polar surface area (TPSA) is 84.9 Å². The number of Topliss-reactive ketones (excluding diaryl/α,β-unsaturated/α-hetero) is 1. The predicted molar refractivity (Wildman–Crippen MR) is 94.5 cm³/mol. The van der Waals surface area contributed by atoms with Gasteiger partial charge in [-0.2, -0.15) is 0 Å². The van der Waals surface area contributed by atoms with Crippen molar-refractivity contribution in [1.82, 2.24) is 10.2 Å². The highest BCUT2D eigenvalue weighted by molar-refractivity contribution is 6.11. The minimum Gasteiger partial charge on any atom is -0.486 e. The predicted octanol–water partition coefficient (Wildman–Crippen LogP) is 2.39. The van der Waals surface area contributed by atoms with Crippen molar-refractivity contribution in [1.29, 1.82) is 0 Å². The van der Waals surface area contributed by atoms with Crippen LogP contribution in [0.5, 0.6) is 11.5 Å². The molecule has 0 saturated carbocycles. The molecule has 140 valence electrons. The van der Waals surface area contributed by atoms with Crippen molar-refractivity contribution in [3.63, 3.8) is 0 Å². The molecule has 1 saturated heterocycles. The fourth-order valence-electron chi connectivity index (χ4n) is 3.09. The van der Waals surface area contributed by atoms with E-state index in [1.54, 1.807) is 25.1 Å². The Bertz CT molecular complexity index is 745. The van der Waals surface area contributed by atoms with Crippen LogP contribution in [0.15, 0.2) is 18.2 Å². The summed E-state index contributed by atoms with van der Waals surface area (Å²) in [5.41, 5.74) is -0.570. The Balaban J connectivity index is 1.71. The van der Waals surface area contributed by atoms with Gasteiger partial charge in [0.05, 0.1) is 6.54 Å². The molecule has 0 aliphatic carbocycles. The number of benzene rings is 1. The number of ketones is 1. The molecule has 0 radical (unpaired) electrons. The number of rotatable bonds is 6. The van der Waals surface area contributed by atoms with E-state index in [4.69, 9.17) is 9.47 Å². The van der Waals surface area contributed by atoms with Gasteiger partial charge in [-0.1, -0.05) is 13.8 Å².